The molecule has 4 rings (SSSR count). The first-order valence-corrected chi connectivity index (χ1v) is 14.4. The normalized spacial score (nSPS) is 15.2. The van der Waals surface area contributed by atoms with Crippen LogP contribution in [0.4, 0.5) is 0 Å². The van der Waals surface area contributed by atoms with Gasteiger partial charge in [0.2, 0.25) is 5.91 Å². The van der Waals surface area contributed by atoms with E-state index in [-0.39, 0.29) is 0 Å². The fraction of sp³-hybridized carbons (Fsp3) is 0.370. The number of nitrogens with one attached hydrogen (secondary N) is 1. The number of thiophene rings is 1. The van der Waals surface area contributed by atoms with Crippen LogP contribution in [0.2, 0.25) is 0 Å². The molecule has 36 heavy (non-hydrogen) atoms. The number of nitrogens with two attached hydrogens (primary N) is 1. The van der Waals surface area contributed by atoms with E-state index >= 15 is 0 Å². The molecule has 0 aliphatic carbocycles. The molecule has 7 nitrogen and oxygen atoms in total. The molecule has 1 aliphatic heterocycles. The van der Waals surface area contributed by atoms with Gasteiger partial charge in [-0.2, -0.15) is 4.31 Å². The molecule has 0 radical (unpaired) electrons. The molecule has 0 bridgehead atoms. The number of carbonyl (C=O) groups is 1. The van der Waals surface area contributed by atoms with Crippen molar-refractivity contribution >= 4 is 27.3 Å². The molecule has 0 saturated carbocycles. The van der Waals surface area contributed by atoms with Gasteiger partial charge in [-0.15, -0.1) is 11.3 Å². The monoisotopic (exact) mass is 527 g/mol. The Hall–Kier alpha value is -2.72. The van der Waals surface area contributed by atoms with Gasteiger partial charge in [0.15, 0.2) is 0 Å². The Kier molecular flexibility index (Phi) is 8.46. The predicted octanol–water partition coefficient (Wildman–Crippen LogP) is 3.95. The molecule has 2 heterocycles. The third kappa shape index (κ3) is 5.98. The molecule has 3 aromatic rings. The Morgan fingerprint density at radius 3 is 2.42 bits per heavy atom. The summed E-state index contributed by atoms with van der Waals surface area (Å²) in [6, 6.07) is 17.5. The number of sulfonamides is 1. The van der Waals surface area contributed by atoms with Crippen molar-refractivity contribution in [3.05, 3.63) is 81.7 Å². The second-order valence-corrected chi connectivity index (χ2v) is 12.3. The lowest BCUT2D eigenvalue weighted by Crippen LogP contribution is -2.44. The van der Waals surface area contributed by atoms with Gasteiger partial charge in [0.05, 0.1) is 7.11 Å². The molecule has 0 unspecified atom stereocenters. The number of nitrogens with zero attached hydrogens (tertiary/aromatic N) is 1. The summed E-state index contributed by atoms with van der Waals surface area (Å²) in [6.07, 6.45) is 2.94. The van der Waals surface area contributed by atoms with Crippen LogP contribution in [0.3, 0.4) is 0 Å². The number of primary amides is 1. The largest absolute Gasteiger partial charge is 0.496 e. The minimum absolute atomic E-state index is 0.291. The smallest absolute Gasteiger partial charge is 0.252 e. The highest BCUT2D eigenvalue weighted by Crippen LogP contribution is 2.31. The zero-order valence-corrected chi connectivity index (χ0v) is 22.3. The summed E-state index contributed by atoms with van der Waals surface area (Å²) in [5, 5.41) is 3.58. The predicted molar refractivity (Wildman–Crippen MR) is 143 cm³/mol. The molecule has 1 aromatic heterocycles. The van der Waals surface area contributed by atoms with Crippen LogP contribution in [0, 0.1) is 0 Å². The van der Waals surface area contributed by atoms with Gasteiger partial charge in [-0.3, -0.25) is 4.79 Å². The number of carbonyl (C=O) groups excluding carboxylic acids is 1. The molecule has 0 atom stereocenters. The molecule has 1 saturated heterocycles. The molecule has 0 spiro atoms. The Morgan fingerprint density at radius 2 is 1.78 bits per heavy atom. The summed E-state index contributed by atoms with van der Waals surface area (Å²) in [5.41, 5.74) is 9.14. The van der Waals surface area contributed by atoms with E-state index < -0.39 is 15.9 Å². The van der Waals surface area contributed by atoms with Crippen LogP contribution in [0.1, 0.15) is 51.7 Å². The lowest BCUT2D eigenvalue weighted by atomic mass is 10.0. The van der Waals surface area contributed by atoms with Crippen molar-refractivity contribution < 1.29 is 17.9 Å². The summed E-state index contributed by atoms with van der Waals surface area (Å²) in [4.78, 5) is 12.7. The number of methoxy groups -OCH3 is 1. The Morgan fingerprint density at radius 1 is 1.08 bits per heavy atom. The minimum atomic E-state index is -3.57. The van der Waals surface area contributed by atoms with Gasteiger partial charge in [0, 0.05) is 48.1 Å². The average molecular weight is 528 g/mol. The number of aryl methyl sites for hydroxylation is 1. The van der Waals surface area contributed by atoms with E-state index in [2.05, 4.69) is 36.5 Å². The third-order valence-corrected chi connectivity index (χ3v) is 10.1. The van der Waals surface area contributed by atoms with E-state index in [0.29, 0.717) is 46.6 Å². The van der Waals surface area contributed by atoms with Gasteiger partial charge in [0.25, 0.3) is 10.0 Å². The molecular weight excluding hydrogens is 494 g/mol. The maximum Gasteiger partial charge on any atom is 0.252 e. The Labute approximate surface area is 217 Å². The number of rotatable bonds is 10. The van der Waals surface area contributed by atoms with Gasteiger partial charge in [-0.25, -0.2) is 8.42 Å². The molecule has 1 amide bonds. The van der Waals surface area contributed by atoms with Crippen LogP contribution in [0.5, 0.6) is 5.75 Å². The minimum Gasteiger partial charge on any atom is -0.496 e. The number of piperidine rings is 1. The first kappa shape index (κ1) is 26.3. The summed E-state index contributed by atoms with van der Waals surface area (Å²) >= 11 is 1.23. The molecule has 1 aliphatic rings. The molecule has 1 fully saturated rings. The first-order valence-electron chi connectivity index (χ1n) is 12.2. The van der Waals surface area contributed by atoms with Gasteiger partial charge >= 0.3 is 0 Å². The summed E-state index contributed by atoms with van der Waals surface area (Å²) < 4.78 is 33.9. The lowest BCUT2D eigenvalue weighted by Gasteiger charge is -2.31. The van der Waals surface area contributed by atoms with Gasteiger partial charge < -0.3 is 15.8 Å². The van der Waals surface area contributed by atoms with Crippen LogP contribution in [-0.2, 0) is 29.4 Å². The highest BCUT2D eigenvalue weighted by Gasteiger charge is 2.30. The lowest BCUT2D eigenvalue weighted by molar-refractivity contribution is 0.0999. The van der Waals surface area contributed by atoms with Gasteiger partial charge in [-0.05, 0) is 54.7 Å². The van der Waals surface area contributed by atoms with Crippen LogP contribution in [0.15, 0.2) is 58.8 Å². The topological polar surface area (TPSA) is 102 Å². The van der Waals surface area contributed by atoms with Crippen molar-refractivity contribution in [1.82, 2.24) is 9.62 Å². The fourth-order valence-electron chi connectivity index (χ4n) is 4.52. The van der Waals surface area contributed by atoms with Crippen molar-refractivity contribution in [1.29, 1.82) is 0 Å². The Bertz CT molecular complexity index is 1290. The van der Waals surface area contributed by atoms with Gasteiger partial charge in [0.1, 0.15) is 9.96 Å². The molecule has 2 aromatic carbocycles. The molecule has 3 N–H and O–H groups in total. The van der Waals surface area contributed by atoms with E-state index in [4.69, 9.17) is 10.5 Å². The SMILES string of the molecule is CCc1ccc(CNC2CCN(S(=O)(=O)c3ccc(Cc4c(OC)cccc4C(N)=O)s3)CC2)cc1. The highest BCUT2D eigenvalue weighted by molar-refractivity contribution is 7.91. The average Bonchev–Trinajstić information content (AvgIpc) is 3.37. The molecular formula is C27H33N3O4S2. The van der Waals surface area contributed by atoms with Gasteiger partial charge in [-0.1, -0.05) is 37.3 Å². The third-order valence-electron chi connectivity index (χ3n) is 6.68. The van der Waals surface area contributed by atoms with Crippen LogP contribution < -0.4 is 15.8 Å². The van der Waals surface area contributed by atoms with E-state index in [1.165, 1.54) is 29.6 Å². The second-order valence-electron chi connectivity index (χ2n) is 8.98. The van der Waals surface area contributed by atoms with Crippen molar-refractivity contribution in [3.63, 3.8) is 0 Å². The van der Waals surface area contributed by atoms with Crippen LogP contribution in [-0.4, -0.2) is 44.9 Å². The van der Waals surface area contributed by atoms with Crippen LogP contribution in [0.25, 0.3) is 0 Å². The first-order chi connectivity index (χ1) is 17.3. The van der Waals surface area contributed by atoms with Crippen LogP contribution >= 0.6 is 11.3 Å². The highest BCUT2D eigenvalue weighted by atomic mass is 32.2. The Balaban J connectivity index is 1.37. The van der Waals surface area contributed by atoms with Crippen molar-refractivity contribution in [2.75, 3.05) is 20.2 Å². The summed E-state index contributed by atoms with van der Waals surface area (Å²) in [5.74, 6) is 0.0164. The van der Waals surface area contributed by atoms with E-state index in [1.54, 1.807) is 34.6 Å². The molecule has 9 heteroatoms. The van der Waals surface area contributed by atoms with E-state index in [1.807, 2.05) is 0 Å². The molecule has 192 valence electrons. The number of hydrogen-bond acceptors (Lipinski definition) is 6. The number of benzene rings is 2. The maximum atomic E-state index is 13.3. The zero-order chi connectivity index (χ0) is 25.7. The summed E-state index contributed by atoms with van der Waals surface area (Å²) in [7, 11) is -2.04. The standard InChI is InChI=1S/C27H33N3O4S2/c1-3-19-7-9-20(10-8-19)18-29-21-13-15-30(16-14-21)36(32,33)26-12-11-22(35-26)17-24-23(27(28)31)5-4-6-25(24)34-2/h4-12,21,29H,3,13-18H2,1-2H3,(H2,28,31). The number of ether oxygens (including phenoxy) is 1. The second kappa shape index (κ2) is 11.6. The van der Waals surface area contributed by atoms with Crippen molar-refractivity contribution in [2.24, 2.45) is 5.73 Å². The fourth-order valence-corrected chi connectivity index (χ4v) is 7.51. The number of hydrogen-bond donors (Lipinski definition) is 2. The van der Waals surface area contributed by atoms with Crippen molar-refractivity contribution in [3.8, 4) is 5.75 Å². The maximum absolute atomic E-state index is 13.3. The summed E-state index contributed by atoms with van der Waals surface area (Å²) in [6.45, 7) is 3.90. The van der Waals surface area contributed by atoms with E-state index in [0.717, 1.165) is 30.7 Å². The quantitative estimate of drug-likeness (QED) is 0.416. The number of amides is 1. The van der Waals surface area contributed by atoms with E-state index in [9.17, 15) is 13.2 Å². The zero-order valence-electron chi connectivity index (χ0n) is 20.7. The van der Waals surface area contributed by atoms with Crippen molar-refractivity contribution in [2.45, 2.75) is 49.4 Å².